The fraction of sp³-hybridized carbons (Fsp3) is 0.0833. The van der Waals surface area contributed by atoms with E-state index in [4.69, 9.17) is 10.5 Å². The summed E-state index contributed by atoms with van der Waals surface area (Å²) in [5.74, 6) is -0.915. The van der Waals surface area contributed by atoms with Crippen LogP contribution in [0.5, 0.6) is 11.5 Å². The molecule has 0 aliphatic carbocycles. The highest BCUT2D eigenvalue weighted by molar-refractivity contribution is 5.31. The Hall–Kier alpha value is -2.01. The zero-order valence-corrected chi connectivity index (χ0v) is 8.86. The van der Waals surface area contributed by atoms with Gasteiger partial charge in [0, 0.05) is 30.9 Å². The Morgan fingerprint density at radius 2 is 1.71 bits per heavy atom. The third-order valence-corrected chi connectivity index (χ3v) is 2.08. The molecule has 1 aromatic heterocycles. The molecule has 1 heterocycles. The number of halogens is 2. The molecular formula is C12H10F2N2O. The van der Waals surface area contributed by atoms with Crippen molar-refractivity contribution in [3.8, 4) is 11.5 Å². The van der Waals surface area contributed by atoms with Crippen LogP contribution in [0.4, 0.5) is 8.78 Å². The van der Waals surface area contributed by atoms with Gasteiger partial charge >= 0.3 is 0 Å². The summed E-state index contributed by atoms with van der Waals surface area (Å²) in [6.45, 7) is 0.321. The molecule has 0 aliphatic heterocycles. The SMILES string of the molecule is NCc1cncc(Oc2cc(F)cc(F)c2)c1. The van der Waals surface area contributed by atoms with Crippen LogP contribution in [0, 0.1) is 11.6 Å². The van der Waals surface area contributed by atoms with Gasteiger partial charge in [0.1, 0.15) is 23.1 Å². The monoisotopic (exact) mass is 236 g/mol. The highest BCUT2D eigenvalue weighted by atomic mass is 19.1. The first-order valence-electron chi connectivity index (χ1n) is 4.95. The number of hydrogen-bond donors (Lipinski definition) is 1. The Labute approximate surface area is 96.9 Å². The second kappa shape index (κ2) is 4.88. The molecular weight excluding hydrogens is 226 g/mol. The first kappa shape index (κ1) is 11.5. The lowest BCUT2D eigenvalue weighted by molar-refractivity contribution is 0.465. The summed E-state index contributed by atoms with van der Waals surface area (Å²) in [5, 5.41) is 0. The number of rotatable bonds is 3. The fourth-order valence-corrected chi connectivity index (χ4v) is 1.35. The van der Waals surface area contributed by atoms with E-state index in [0.717, 1.165) is 23.8 Å². The van der Waals surface area contributed by atoms with Crippen LogP contribution in [-0.2, 0) is 6.54 Å². The molecule has 2 rings (SSSR count). The van der Waals surface area contributed by atoms with E-state index < -0.39 is 11.6 Å². The smallest absolute Gasteiger partial charge is 0.146 e. The Balaban J connectivity index is 2.24. The molecule has 0 aliphatic rings. The Morgan fingerprint density at radius 3 is 2.35 bits per heavy atom. The maximum absolute atomic E-state index is 12.9. The van der Waals surface area contributed by atoms with Gasteiger partial charge in [0.2, 0.25) is 0 Å². The highest BCUT2D eigenvalue weighted by Crippen LogP contribution is 2.23. The summed E-state index contributed by atoms with van der Waals surface area (Å²) in [6, 6.07) is 4.63. The average molecular weight is 236 g/mol. The van der Waals surface area contributed by atoms with E-state index in [2.05, 4.69) is 4.98 Å². The largest absolute Gasteiger partial charge is 0.456 e. The van der Waals surface area contributed by atoms with Crippen LogP contribution in [-0.4, -0.2) is 4.98 Å². The van der Waals surface area contributed by atoms with E-state index in [-0.39, 0.29) is 5.75 Å². The molecule has 0 saturated carbocycles. The van der Waals surface area contributed by atoms with E-state index in [1.165, 1.54) is 6.20 Å². The number of nitrogens with zero attached hydrogens (tertiary/aromatic N) is 1. The Kier molecular flexibility index (Phi) is 3.30. The summed E-state index contributed by atoms with van der Waals surface area (Å²) in [4.78, 5) is 3.90. The molecule has 0 radical (unpaired) electrons. The van der Waals surface area contributed by atoms with Gasteiger partial charge in [-0.25, -0.2) is 8.78 Å². The minimum absolute atomic E-state index is 0.0819. The van der Waals surface area contributed by atoms with Crippen molar-refractivity contribution in [2.75, 3.05) is 0 Å². The van der Waals surface area contributed by atoms with E-state index in [9.17, 15) is 8.78 Å². The molecule has 0 spiro atoms. The standard InChI is InChI=1S/C12H10F2N2O/c13-9-2-10(14)4-11(3-9)17-12-1-8(5-15)6-16-7-12/h1-4,6-7H,5,15H2. The van der Waals surface area contributed by atoms with Crippen LogP contribution in [0.1, 0.15) is 5.56 Å². The second-order valence-corrected chi connectivity index (χ2v) is 3.44. The average Bonchev–Trinajstić information content (AvgIpc) is 2.28. The minimum Gasteiger partial charge on any atom is -0.456 e. The summed E-state index contributed by atoms with van der Waals surface area (Å²) in [7, 11) is 0. The normalized spacial score (nSPS) is 10.3. The van der Waals surface area contributed by atoms with Crippen molar-refractivity contribution in [1.82, 2.24) is 4.98 Å². The lowest BCUT2D eigenvalue weighted by Gasteiger charge is -2.06. The molecule has 2 N–H and O–H groups in total. The predicted molar refractivity (Wildman–Crippen MR) is 58.6 cm³/mol. The Morgan fingerprint density at radius 1 is 1.00 bits per heavy atom. The second-order valence-electron chi connectivity index (χ2n) is 3.44. The summed E-state index contributed by atoms with van der Waals surface area (Å²) < 4.78 is 31.1. The van der Waals surface area contributed by atoms with Gasteiger partial charge in [-0.1, -0.05) is 0 Å². The summed E-state index contributed by atoms with van der Waals surface area (Å²) in [6.07, 6.45) is 3.04. The van der Waals surface area contributed by atoms with Crippen LogP contribution >= 0.6 is 0 Å². The van der Waals surface area contributed by atoms with Gasteiger partial charge in [-0.15, -0.1) is 0 Å². The molecule has 5 heteroatoms. The minimum atomic E-state index is -0.692. The van der Waals surface area contributed by atoms with Crippen molar-refractivity contribution in [1.29, 1.82) is 0 Å². The van der Waals surface area contributed by atoms with Gasteiger partial charge < -0.3 is 10.5 Å². The summed E-state index contributed by atoms with van der Waals surface area (Å²) >= 11 is 0. The number of aromatic nitrogens is 1. The summed E-state index contributed by atoms with van der Waals surface area (Å²) in [5.41, 5.74) is 6.22. The molecule has 0 saturated heterocycles. The number of hydrogen-bond acceptors (Lipinski definition) is 3. The lowest BCUT2D eigenvalue weighted by atomic mass is 10.3. The molecule has 1 aromatic carbocycles. The van der Waals surface area contributed by atoms with Gasteiger partial charge in [0.15, 0.2) is 0 Å². The molecule has 3 nitrogen and oxygen atoms in total. The van der Waals surface area contributed by atoms with Crippen molar-refractivity contribution >= 4 is 0 Å². The zero-order valence-electron chi connectivity index (χ0n) is 8.86. The fourth-order valence-electron chi connectivity index (χ4n) is 1.35. The predicted octanol–water partition coefficient (Wildman–Crippen LogP) is 2.61. The van der Waals surface area contributed by atoms with E-state index in [1.807, 2.05) is 0 Å². The molecule has 2 aromatic rings. The van der Waals surface area contributed by atoms with Crippen molar-refractivity contribution in [3.63, 3.8) is 0 Å². The van der Waals surface area contributed by atoms with E-state index >= 15 is 0 Å². The van der Waals surface area contributed by atoms with Crippen LogP contribution in [0.3, 0.4) is 0 Å². The first-order valence-corrected chi connectivity index (χ1v) is 4.95. The number of pyridine rings is 1. The van der Waals surface area contributed by atoms with Gasteiger partial charge in [-0.05, 0) is 11.6 Å². The third-order valence-electron chi connectivity index (χ3n) is 2.08. The van der Waals surface area contributed by atoms with Gasteiger partial charge in [0.25, 0.3) is 0 Å². The van der Waals surface area contributed by atoms with Crippen molar-refractivity contribution in [2.24, 2.45) is 5.73 Å². The lowest BCUT2D eigenvalue weighted by Crippen LogP contribution is -1.97. The zero-order chi connectivity index (χ0) is 12.3. The molecule has 17 heavy (non-hydrogen) atoms. The maximum Gasteiger partial charge on any atom is 0.146 e. The van der Waals surface area contributed by atoms with Gasteiger partial charge in [-0.2, -0.15) is 0 Å². The van der Waals surface area contributed by atoms with E-state index in [0.29, 0.717) is 12.3 Å². The topological polar surface area (TPSA) is 48.1 Å². The number of benzene rings is 1. The van der Waals surface area contributed by atoms with Crippen LogP contribution < -0.4 is 10.5 Å². The molecule has 0 atom stereocenters. The number of nitrogens with two attached hydrogens (primary N) is 1. The van der Waals surface area contributed by atoms with Crippen LogP contribution in [0.25, 0.3) is 0 Å². The Bertz CT molecular complexity index is 511. The molecule has 88 valence electrons. The molecule has 0 unspecified atom stereocenters. The van der Waals surface area contributed by atoms with Gasteiger partial charge in [-0.3, -0.25) is 4.98 Å². The van der Waals surface area contributed by atoms with Crippen molar-refractivity contribution in [2.45, 2.75) is 6.54 Å². The molecule has 0 fully saturated rings. The quantitative estimate of drug-likeness (QED) is 0.891. The maximum atomic E-state index is 12.9. The molecule has 0 bridgehead atoms. The van der Waals surface area contributed by atoms with Gasteiger partial charge in [0.05, 0.1) is 6.20 Å². The number of ether oxygens (including phenoxy) is 1. The third kappa shape index (κ3) is 2.98. The van der Waals surface area contributed by atoms with Crippen molar-refractivity contribution in [3.05, 3.63) is 53.9 Å². The molecule has 0 amide bonds. The first-order chi connectivity index (χ1) is 8.17. The highest BCUT2D eigenvalue weighted by Gasteiger charge is 2.03. The van der Waals surface area contributed by atoms with Crippen LogP contribution in [0.15, 0.2) is 36.7 Å². The van der Waals surface area contributed by atoms with E-state index in [1.54, 1.807) is 12.3 Å². The van der Waals surface area contributed by atoms with Crippen molar-refractivity contribution < 1.29 is 13.5 Å². The van der Waals surface area contributed by atoms with Crippen LogP contribution in [0.2, 0.25) is 0 Å².